The number of carbonyl (C=O) groups excluding carboxylic acids is 1. The fourth-order valence-electron chi connectivity index (χ4n) is 3.64. The fourth-order valence-corrected chi connectivity index (χ4v) is 3.64. The summed E-state index contributed by atoms with van der Waals surface area (Å²) in [5.74, 6) is 0.0640. The summed E-state index contributed by atoms with van der Waals surface area (Å²) in [4.78, 5) is 16.5. The van der Waals surface area contributed by atoms with Crippen LogP contribution in [0.1, 0.15) is 41.6 Å². The van der Waals surface area contributed by atoms with E-state index in [9.17, 15) is 4.79 Å². The second-order valence-corrected chi connectivity index (χ2v) is 6.98. The Morgan fingerprint density at radius 3 is 2.73 bits per heavy atom. The molecule has 4 nitrogen and oxygen atoms in total. The lowest BCUT2D eigenvalue weighted by atomic mass is 10.0. The van der Waals surface area contributed by atoms with Crippen LogP contribution >= 0.6 is 0 Å². The highest BCUT2D eigenvalue weighted by molar-refractivity contribution is 5.79. The molecule has 1 aliphatic rings. The van der Waals surface area contributed by atoms with E-state index in [0.29, 0.717) is 6.42 Å². The lowest BCUT2D eigenvalue weighted by Crippen LogP contribution is -2.28. The van der Waals surface area contributed by atoms with E-state index >= 15 is 0 Å². The van der Waals surface area contributed by atoms with E-state index in [0.717, 1.165) is 23.2 Å². The van der Waals surface area contributed by atoms with E-state index < -0.39 is 0 Å². The topological polar surface area (TPSA) is 46.9 Å². The van der Waals surface area contributed by atoms with Crippen LogP contribution < -0.4 is 5.32 Å². The highest BCUT2D eigenvalue weighted by atomic mass is 16.1. The van der Waals surface area contributed by atoms with Crippen LogP contribution in [0, 0.1) is 0 Å². The zero-order valence-electron chi connectivity index (χ0n) is 15.0. The molecule has 0 saturated carbocycles. The van der Waals surface area contributed by atoms with Gasteiger partial charge in [0.2, 0.25) is 5.91 Å². The predicted molar refractivity (Wildman–Crippen MR) is 102 cm³/mol. The summed E-state index contributed by atoms with van der Waals surface area (Å²) in [6, 6.07) is 14.6. The van der Waals surface area contributed by atoms with E-state index in [1.165, 1.54) is 24.0 Å². The van der Waals surface area contributed by atoms with Crippen LogP contribution in [0.5, 0.6) is 0 Å². The molecule has 1 amide bonds. The number of aryl methyl sites for hydroxylation is 2. The van der Waals surface area contributed by atoms with Gasteiger partial charge in [-0.25, -0.2) is 4.98 Å². The zero-order chi connectivity index (χ0) is 17.9. The first kappa shape index (κ1) is 16.6. The normalized spacial score (nSPS) is 14.0. The first-order chi connectivity index (χ1) is 12.7. The van der Waals surface area contributed by atoms with Crippen molar-refractivity contribution in [2.24, 2.45) is 0 Å². The van der Waals surface area contributed by atoms with Crippen LogP contribution in [0.3, 0.4) is 0 Å². The van der Waals surface area contributed by atoms with Crippen molar-refractivity contribution in [1.29, 1.82) is 0 Å². The molecule has 0 spiro atoms. The number of fused-ring (bicyclic) bond motifs is 1. The van der Waals surface area contributed by atoms with Crippen LogP contribution in [0.25, 0.3) is 5.69 Å². The molecule has 1 aromatic heterocycles. The molecule has 4 heteroatoms. The monoisotopic (exact) mass is 345 g/mol. The highest BCUT2D eigenvalue weighted by Crippen LogP contribution is 2.23. The summed E-state index contributed by atoms with van der Waals surface area (Å²) in [6.07, 6.45) is 9.43. The number of amides is 1. The SMILES string of the molecule is CC(NC(=O)Cc1ccc2c(c1)CCC2)c1ccc(-n2ccnc2)cc1. The number of carbonyl (C=O) groups is 1. The maximum Gasteiger partial charge on any atom is 0.224 e. The minimum Gasteiger partial charge on any atom is -0.349 e. The molecule has 26 heavy (non-hydrogen) atoms. The Morgan fingerprint density at radius 1 is 1.15 bits per heavy atom. The molecular formula is C22H23N3O. The Bertz CT molecular complexity index is 898. The van der Waals surface area contributed by atoms with Gasteiger partial charge in [-0.3, -0.25) is 4.79 Å². The Kier molecular flexibility index (Phi) is 4.57. The third kappa shape index (κ3) is 3.54. The molecule has 132 valence electrons. The molecule has 1 atom stereocenters. The average molecular weight is 345 g/mol. The van der Waals surface area contributed by atoms with Crippen molar-refractivity contribution in [3.63, 3.8) is 0 Å². The number of hydrogen-bond acceptors (Lipinski definition) is 2. The van der Waals surface area contributed by atoms with Crippen molar-refractivity contribution in [3.05, 3.63) is 83.4 Å². The molecule has 0 bridgehead atoms. The molecule has 1 unspecified atom stereocenters. The Hall–Kier alpha value is -2.88. The molecule has 1 aliphatic carbocycles. The predicted octanol–water partition coefficient (Wildman–Crippen LogP) is 3.78. The fraction of sp³-hybridized carbons (Fsp3) is 0.273. The maximum atomic E-state index is 12.4. The van der Waals surface area contributed by atoms with Crippen molar-refractivity contribution in [3.8, 4) is 5.69 Å². The van der Waals surface area contributed by atoms with Gasteiger partial charge in [0.15, 0.2) is 0 Å². The highest BCUT2D eigenvalue weighted by Gasteiger charge is 2.14. The molecule has 1 N–H and O–H groups in total. The number of nitrogens with one attached hydrogen (secondary N) is 1. The minimum absolute atomic E-state index is 0.0197. The molecule has 4 rings (SSSR count). The molecule has 0 fully saturated rings. The van der Waals surface area contributed by atoms with Crippen molar-refractivity contribution in [2.45, 2.75) is 38.6 Å². The van der Waals surface area contributed by atoms with E-state index in [1.54, 1.807) is 12.5 Å². The Labute approximate surface area is 153 Å². The second kappa shape index (κ2) is 7.16. The molecule has 1 heterocycles. The van der Waals surface area contributed by atoms with Gasteiger partial charge in [-0.1, -0.05) is 30.3 Å². The van der Waals surface area contributed by atoms with Crippen LogP contribution in [-0.4, -0.2) is 15.5 Å². The molecular weight excluding hydrogens is 322 g/mol. The molecule has 0 aliphatic heterocycles. The van der Waals surface area contributed by atoms with Gasteiger partial charge in [0, 0.05) is 18.1 Å². The van der Waals surface area contributed by atoms with Gasteiger partial charge in [0.1, 0.15) is 0 Å². The molecule has 0 saturated heterocycles. The summed E-state index contributed by atoms with van der Waals surface area (Å²) >= 11 is 0. The van der Waals surface area contributed by atoms with Gasteiger partial charge in [-0.15, -0.1) is 0 Å². The molecule has 3 aromatic rings. The Balaban J connectivity index is 1.38. The summed E-state index contributed by atoms with van der Waals surface area (Å²) in [5.41, 5.74) is 6.11. The van der Waals surface area contributed by atoms with E-state index in [2.05, 4.69) is 40.6 Å². The summed E-state index contributed by atoms with van der Waals surface area (Å²) in [6.45, 7) is 2.02. The van der Waals surface area contributed by atoms with Gasteiger partial charge in [0.05, 0.1) is 18.8 Å². The first-order valence-electron chi connectivity index (χ1n) is 9.17. The van der Waals surface area contributed by atoms with Gasteiger partial charge < -0.3 is 9.88 Å². The summed E-state index contributed by atoms with van der Waals surface area (Å²) in [5, 5.41) is 3.11. The largest absolute Gasteiger partial charge is 0.349 e. The lowest BCUT2D eigenvalue weighted by Gasteiger charge is -2.15. The molecule has 2 aromatic carbocycles. The number of hydrogen-bond donors (Lipinski definition) is 1. The van der Waals surface area contributed by atoms with E-state index in [4.69, 9.17) is 0 Å². The summed E-state index contributed by atoms with van der Waals surface area (Å²) in [7, 11) is 0. The number of aromatic nitrogens is 2. The Morgan fingerprint density at radius 2 is 1.96 bits per heavy atom. The number of nitrogens with zero attached hydrogens (tertiary/aromatic N) is 2. The van der Waals surface area contributed by atoms with Crippen molar-refractivity contribution >= 4 is 5.91 Å². The third-order valence-electron chi connectivity index (χ3n) is 5.10. The number of benzene rings is 2. The van der Waals surface area contributed by atoms with E-state index in [-0.39, 0.29) is 11.9 Å². The van der Waals surface area contributed by atoms with Gasteiger partial charge >= 0.3 is 0 Å². The number of imidazole rings is 1. The van der Waals surface area contributed by atoms with Gasteiger partial charge in [0.25, 0.3) is 0 Å². The van der Waals surface area contributed by atoms with Crippen molar-refractivity contribution in [1.82, 2.24) is 14.9 Å². The van der Waals surface area contributed by atoms with E-state index in [1.807, 2.05) is 29.8 Å². The first-order valence-corrected chi connectivity index (χ1v) is 9.17. The number of rotatable bonds is 5. The second-order valence-electron chi connectivity index (χ2n) is 6.98. The zero-order valence-corrected chi connectivity index (χ0v) is 15.0. The van der Waals surface area contributed by atoms with Crippen LogP contribution in [0.4, 0.5) is 0 Å². The average Bonchev–Trinajstić information content (AvgIpc) is 3.33. The van der Waals surface area contributed by atoms with Crippen molar-refractivity contribution < 1.29 is 4.79 Å². The van der Waals surface area contributed by atoms with Gasteiger partial charge in [-0.2, -0.15) is 0 Å². The van der Waals surface area contributed by atoms with Crippen LogP contribution in [-0.2, 0) is 24.1 Å². The smallest absolute Gasteiger partial charge is 0.224 e. The standard InChI is InChI=1S/C22H23N3O/c1-16(18-7-9-21(10-8-18)25-12-11-23-15-25)24-22(26)14-17-5-6-19-3-2-4-20(19)13-17/h5-13,15-16H,2-4,14H2,1H3,(H,24,26). The van der Waals surface area contributed by atoms with Crippen molar-refractivity contribution in [2.75, 3.05) is 0 Å². The maximum absolute atomic E-state index is 12.4. The quantitative estimate of drug-likeness (QED) is 0.765. The van der Waals surface area contributed by atoms with Gasteiger partial charge in [-0.05, 0) is 60.6 Å². The minimum atomic E-state index is -0.0197. The van der Waals surface area contributed by atoms with Crippen LogP contribution in [0.15, 0.2) is 61.2 Å². The molecule has 0 radical (unpaired) electrons. The lowest BCUT2D eigenvalue weighted by molar-refractivity contribution is -0.121. The van der Waals surface area contributed by atoms with Crippen LogP contribution in [0.2, 0.25) is 0 Å². The summed E-state index contributed by atoms with van der Waals surface area (Å²) < 4.78 is 1.96. The third-order valence-corrected chi connectivity index (χ3v) is 5.10.